The van der Waals surface area contributed by atoms with Crippen LogP contribution in [0.5, 0.6) is 5.75 Å². The number of carbonyl (C=O) groups is 1. The van der Waals surface area contributed by atoms with Crippen LogP contribution in [-0.2, 0) is 4.79 Å². The molecule has 2 aliphatic heterocycles. The molecular formula is C28H35ClN6O3. The highest BCUT2D eigenvalue weighted by molar-refractivity contribution is 6.32. The van der Waals surface area contributed by atoms with Gasteiger partial charge in [0.05, 0.1) is 11.7 Å². The van der Waals surface area contributed by atoms with Gasteiger partial charge in [0.15, 0.2) is 17.4 Å². The van der Waals surface area contributed by atoms with E-state index in [1.54, 1.807) is 23.8 Å². The number of aromatic nitrogens is 3. The van der Waals surface area contributed by atoms with Crippen molar-refractivity contribution in [3.8, 4) is 5.75 Å². The molecule has 2 aromatic heterocycles. The van der Waals surface area contributed by atoms with Crippen molar-refractivity contribution in [1.29, 1.82) is 0 Å². The highest BCUT2D eigenvalue weighted by atomic mass is 35.5. The average Bonchev–Trinajstić information content (AvgIpc) is 3.48. The van der Waals surface area contributed by atoms with Crippen LogP contribution in [0.4, 0.5) is 17.5 Å². The first-order valence-corrected chi connectivity index (χ1v) is 13.6. The number of ether oxygens (including phenoxy) is 1. The molecule has 1 unspecified atom stereocenters. The molecule has 4 heterocycles. The first-order chi connectivity index (χ1) is 18.2. The molecule has 1 aromatic carbocycles. The molecule has 3 aromatic rings. The molecule has 0 saturated carbocycles. The maximum Gasteiger partial charge on any atom is 0.293 e. The number of hydrogen-bond donors (Lipinski definition) is 1. The largest absolute Gasteiger partial charge is 0.480 e. The summed E-state index contributed by atoms with van der Waals surface area (Å²) in [6.45, 7) is 9.67. The van der Waals surface area contributed by atoms with E-state index in [0.29, 0.717) is 28.6 Å². The quantitative estimate of drug-likeness (QED) is 0.443. The Labute approximate surface area is 227 Å². The summed E-state index contributed by atoms with van der Waals surface area (Å²) in [4.78, 5) is 38.9. The fraction of sp³-hybridized carbons (Fsp3) is 0.500. The third-order valence-electron chi connectivity index (χ3n) is 7.65. The molecule has 1 atom stereocenters. The van der Waals surface area contributed by atoms with Crippen LogP contribution in [0.1, 0.15) is 46.1 Å². The van der Waals surface area contributed by atoms with Gasteiger partial charge in [-0.15, -0.1) is 0 Å². The second kappa shape index (κ2) is 10.5. The minimum atomic E-state index is -0.252. The number of fused-ring (bicyclic) bond motifs is 1. The molecule has 1 spiro atoms. The standard InChI is InChI=1S/C28H35ClN6O3/c1-5-21(36)15-38-24-13-19-12-20(6-7-23(19)35(18(2)3)26(24)37)31-25-22(29)14-30-27(32-25)34-11-9-28(17-34)8-10-33(4)16-28/h6-7,12-14,18H,5,8-11,15-17H2,1-4H3,(H,30,31,32). The molecule has 0 bridgehead atoms. The van der Waals surface area contributed by atoms with Gasteiger partial charge in [-0.3, -0.25) is 9.59 Å². The molecule has 9 nitrogen and oxygen atoms in total. The predicted octanol–water partition coefficient (Wildman–Crippen LogP) is 4.66. The minimum absolute atomic E-state index is 0.0610. The Morgan fingerprint density at radius 1 is 1.21 bits per heavy atom. The summed E-state index contributed by atoms with van der Waals surface area (Å²) in [6, 6.07) is 7.34. The van der Waals surface area contributed by atoms with Crippen LogP contribution in [0.25, 0.3) is 10.9 Å². The molecular weight excluding hydrogens is 504 g/mol. The van der Waals surface area contributed by atoms with Crippen LogP contribution in [-0.4, -0.2) is 65.1 Å². The van der Waals surface area contributed by atoms with Gasteiger partial charge >= 0.3 is 0 Å². The van der Waals surface area contributed by atoms with Crippen LogP contribution in [0.3, 0.4) is 0 Å². The van der Waals surface area contributed by atoms with Gasteiger partial charge < -0.3 is 24.4 Å². The number of rotatable bonds is 8. The number of benzene rings is 1. The summed E-state index contributed by atoms with van der Waals surface area (Å²) in [6.07, 6.45) is 4.35. The first kappa shape index (κ1) is 26.4. The number of hydrogen-bond acceptors (Lipinski definition) is 8. The Hall–Kier alpha value is -3.17. The maximum absolute atomic E-state index is 13.1. The van der Waals surface area contributed by atoms with Crippen molar-refractivity contribution in [2.75, 3.05) is 50.1 Å². The molecule has 0 radical (unpaired) electrons. The monoisotopic (exact) mass is 538 g/mol. The molecule has 0 amide bonds. The highest BCUT2D eigenvalue weighted by Crippen LogP contribution is 2.40. The van der Waals surface area contributed by atoms with Crippen LogP contribution < -0.4 is 20.5 Å². The lowest BCUT2D eigenvalue weighted by molar-refractivity contribution is -0.120. The summed E-state index contributed by atoms with van der Waals surface area (Å²) in [5.41, 5.74) is 1.61. The van der Waals surface area contributed by atoms with E-state index >= 15 is 0 Å². The lowest BCUT2D eigenvalue weighted by atomic mass is 9.86. The van der Waals surface area contributed by atoms with E-state index in [2.05, 4.69) is 27.1 Å². The zero-order chi connectivity index (χ0) is 27.0. The maximum atomic E-state index is 13.1. The van der Waals surface area contributed by atoms with Gasteiger partial charge in [0.25, 0.3) is 5.56 Å². The van der Waals surface area contributed by atoms with E-state index in [1.165, 1.54) is 6.42 Å². The molecule has 2 saturated heterocycles. The summed E-state index contributed by atoms with van der Waals surface area (Å²) in [5.74, 6) is 1.30. The van der Waals surface area contributed by atoms with Crippen molar-refractivity contribution in [3.05, 3.63) is 45.8 Å². The molecule has 2 fully saturated rings. The average molecular weight is 539 g/mol. The Morgan fingerprint density at radius 3 is 2.71 bits per heavy atom. The molecule has 0 aliphatic carbocycles. The second-order valence-corrected chi connectivity index (χ2v) is 11.3. The van der Waals surface area contributed by atoms with Crippen molar-refractivity contribution in [2.45, 2.75) is 46.1 Å². The van der Waals surface area contributed by atoms with E-state index in [9.17, 15) is 9.59 Å². The van der Waals surface area contributed by atoms with Crippen LogP contribution in [0, 0.1) is 5.41 Å². The van der Waals surface area contributed by atoms with Crippen molar-refractivity contribution in [3.63, 3.8) is 0 Å². The fourth-order valence-corrected chi connectivity index (χ4v) is 5.75. The highest BCUT2D eigenvalue weighted by Gasteiger charge is 2.43. The molecule has 10 heteroatoms. The smallest absolute Gasteiger partial charge is 0.293 e. The minimum Gasteiger partial charge on any atom is -0.480 e. The number of likely N-dealkylation sites (tertiary alicyclic amines) is 1. The van der Waals surface area contributed by atoms with Crippen molar-refractivity contribution >= 4 is 45.7 Å². The molecule has 202 valence electrons. The molecule has 2 aliphatic rings. The molecule has 1 N–H and O–H groups in total. The second-order valence-electron chi connectivity index (χ2n) is 10.9. The van der Waals surface area contributed by atoms with Gasteiger partial charge in [-0.2, -0.15) is 4.98 Å². The fourth-order valence-electron chi connectivity index (χ4n) is 5.61. The van der Waals surface area contributed by atoms with E-state index in [-0.39, 0.29) is 29.7 Å². The summed E-state index contributed by atoms with van der Waals surface area (Å²) in [7, 11) is 2.18. The Balaban J connectivity index is 1.42. The topological polar surface area (TPSA) is 92.6 Å². The SMILES string of the molecule is CCC(=O)COc1cc2cc(Nc3nc(N4CCC5(CCN(C)C5)C4)ncc3Cl)ccc2n(C(C)C)c1=O. The van der Waals surface area contributed by atoms with E-state index < -0.39 is 0 Å². The zero-order valence-corrected chi connectivity index (χ0v) is 23.2. The van der Waals surface area contributed by atoms with Gasteiger partial charge in [0.2, 0.25) is 5.95 Å². The van der Waals surface area contributed by atoms with Gasteiger partial charge in [0, 0.05) is 48.6 Å². The number of halogens is 1. The first-order valence-electron chi connectivity index (χ1n) is 13.2. The van der Waals surface area contributed by atoms with Crippen molar-refractivity contribution in [1.82, 2.24) is 19.4 Å². The molecule has 5 rings (SSSR count). The number of ketones is 1. The van der Waals surface area contributed by atoms with Gasteiger partial charge in [-0.05, 0) is 64.5 Å². The number of anilines is 3. The summed E-state index contributed by atoms with van der Waals surface area (Å²) in [5, 5.41) is 4.57. The molecule has 38 heavy (non-hydrogen) atoms. The van der Waals surface area contributed by atoms with Crippen LogP contribution in [0.2, 0.25) is 5.02 Å². The zero-order valence-electron chi connectivity index (χ0n) is 22.5. The van der Waals surface area contributed by atoms with E-state index in [1.807, 2.05) is 32.0 Å². The Bertz CT molecular complexity index is 1420. The lowest BCUT2D eigenvalue weighted by Gasteiger charge is -2.24. The van der Waals surface area contributed by atoms with Crippen LogP contribution in [0.15, 0.2) is 35.3 Å². The third-order valence-corrected chi connectivity index (χ3v) is 7.92. The van der Waals surface area contributed by atoms with E-state index in [4.69, 9.17) is 21.3 Å². The van der Waals surface area contributed by atoms with Gasteiger partial charge in [0.1, 0.15) is 11.6 Å². The number of nitrogens with one attached hydrogen (secondary N) is 1. The lowest BCUT2D eigenvalue weighted by Crippen LogP contribution is -2.30. The predicted molar refractivity (Wildman–Crippen MR) is 151 cm³/mol. The third kappa shape index (κ3) is 5.22. The van der Waals surface area contributed by atoms with Crippen LogP contribution >= 0.6 is 11.6 Å². The number of Topliss-reactive ketones (excluding diaryl/α,β-unsaturated/α-hetero) is 1. The summed E-state index contributed by atoms with van der Waals surface area (Å²) >= 11 is 6.50. The number of carbonyl (C=O) groups excluding carboxylic acids is 1. The number of pyridine rings is 1. The van der Waals surface area contributed by atoms with Crippen molar-refractivity contribution in [2.24, 2.45) is 5.41 Å². The number of nitrogens with zero attached hydrogens (tertiary/aromatic N) is 5. The van der Waals surface area contributed by atoms with E-state index in [0.717, 1.165) is 49.2 Å². The summed E-state index contributed by atoms with van der Waals surface area (Å²) < 4.78 is 7.32. The Kier molecular flexibility index (Phi) is 7.33. The van der Waals surface area contributed by atoms with Gasteiger partial charge in [-0.25, -0.2) is 4.98 Å². The van der Waals surface area contributed by atoms with Crippen molar-refractivity contribution < 1.29 is 9.53 Å². The Morgan fingerprint density at radius 2 is 2.00 bits per heavy atom. The van der Waals surface area contributed by atoms with Gasteiger partial charge in [-0.1, -0.05) is 18.5 Å². The normalized spacial score (nSPS) is 19.7.